The molecular formula is C20H20N4O3. The second-order valence-electron chi connectivity index (χ2n) is 6.33. The molecule has 7 nitrogen and oxygen atoms in total. The zero-order valence-electron chi connectivity index (χ0n) is 15.0. The van der Waals surface area contributed by atoms with E-state index in [9.17, 15) is 4.79 Å². The van der Waals surface area contributed by atoms with Crippen molar-refractivity contribution in [2.75, 3.05) is 13.7 Å². The van der Waals surface area contributed by atoms with E-state index in [1.807, 2.05) is 41.1 Å². The fourth-order valence-corrected chi connectivity index (χ4v) is 3.24. The Balaban J connectivity index is 1.44. The van der Waals surface area contributed by atoms with Crippen molar-refractivity contribution in [3.05, 3.63) is 66.4 Å². The molecule has 138 valence electrons. The normalized spacial score (nSPS) is 15.5. The summed E-state index contributed by atoms with van der Waals surface area (Å²) in [5.74, 6) is 1.91. The molecule has 1 aliphatic heterocycles. The van der Waals surface area contributed by atoms with Crippen molar-refractivity contribution in [3.8, 4) is 17.3 Å². The summed E-state index contributed by atoms with van der Waals surface area (Å²) in [6.45, 7) is 0.724. The van der Waals surface area contributed by atoms with Crippen molar-refractivity contribution in [3.63, 3.8) is 0 Å². The third kappa shape index (κ3) is 3.48. The van der Waals surface area contributed by atoms with Gasteiger partial charge >= 0.3 is 0 Å². The second-order valence-corrected chi connectivity index (χ2v) is 6.33. The van der Waals surface area contributed by atoms with Crippen molar-refractivity contribution >= 4 is 5.91 Å². The van der Waals surface area contributed by atoms with Gasteiger partial charge in [-0.05, 0) is 24.1 Å². The number of hydrogen-bond acceptors (Lipinski definition) is 5. The Labute approximate surface area is 157 Å². The van der Waals surface area contributed by atoms with Crippen molar-refractivity contribution in [1.29, 1.82) is 0 Å². The third-order valence-corrected chi connectivity index (χ3v) is 4.62. The summed E-state index contributed by atoms with van der Waals surface area (Å²) in [4.78, 5) is 21.1. The van der Waals surface area contributed by atoms with Crippen LogP contribution >= 0.6 is 0 Å². The molecule has 0 spiro atoms. The van der Waals surface area contributed by atoms with Crippen molar-refractivity contribution in [1.82, 2.24) is 19.9 Å². The number of amides is 1. The molecule has 27 heavy (non-hydrogen) atoms. The van der Waals surface area contributed by atoms with Gasteiger partial charge in [-0.2, -0.15) is 0 Å². The number of para-hydroxylation sites is 1. The SMILES string of the molecule is COc1cccc2c1OCC(C(=O)NCc1cccnc1-n1ccnc1)C2. The standard InChI is InChI=1S/C20H20N4O3/c1-26-17-6-2-4-14-10-16(12-27-18(14)17)20(25)23-11-15-5-3-7-22-19(15)24-9-8-21-13-24/h2-9,13,16H,10-12H2,1H3,(H,23,25). The van der Waals surface area contributed by atoms with E-state index in [0.29, 0.717) is 25.3 Å². The quantitative estimate of drug-likeness (QED) is 0.750. The van der Waals surface area contributed by atoms with E-state index < -0.39 is 0 Å². The lowest BCUT2D eigenvalue weighted by atomic mass is 9.95. The maximum absolute atomic E-state index is 12.7. The number of benzene rings is 1. The van der Waals surface area contributed by atoms with E-state index in [4.69, 9.17) is 9.47 Å². The lowest BCUT2D eigenvalue weighted by Crippen LogP contribution is -2.37. The monoisotopic (exact) mass is 364 g/mol. The van der Waals surface area contributed by atoms with Crippen LogP contribution in [-0.4, -0.2) is 34.2 Å². The van der Waals surface area contributed by atoms with Crippen molar-refractivity contribution < 1.29 is 14.3 Å². The van der Waals surface area contributed by atoms with Gasteiger partial charge in [0, 0.05) is 30.7 Å². The molecule has 1 unspecified atom stereocenters. The maximum Gasteiger partial charge on any atom is 0.227 e. The van der Waals surface area contributed by atoms with E-state index >= 15 is 0 Å². The predicted molar refractivity (Wildman–Crippen MR) is 98.9 cm³/mol. The van der Waals surface area contributed by atoms with Crippen LogP contribution in [0.25, 0.3) is 5.82 Å². The minimum absolute atomic E-state index is 0.0381. The Hall–Kier alpha value is -3.35. The van der Waals surface area contributed by atoms with Crippen LogP contribution in [0.2, 0.25) is 0 Å². The highest BCUT2D eigenvalue weighted by Gasteiger charge is 2.27. The third-order valence-electron chi connectivity index (χ3n) is 4.62. The summed E-state index contributed by atoms with van der Waals surface area (Å²) in [7, 11) is 1.61. The first-order chi connectivity index (χ1) is 13.3. The van der Waals surface area contributed by atoms with Crippen LogP contribution in [0.5, 0.6) is 11.5 Å². The zero-order valence-corrected chi connectivity index (χ0v) is 15.0. The minimum atomic E-state index is -0.238. The van der Waals surface area contributed by atoms with E-state index in [1.165, 1.54) is 0 Å². The summed E-state index contributed by atoms with van der Waals surface area (Å²) < 4.78 is 13.0. The number of fused-ring (bicyclic) bond motifs is 1. The Morgan fingerprint density at radius 2 is 2.26 bits per heavy atom. The molecule has 2 aromatic heterocycles. The lowest BCUT2D eigenvalue weighted by Gasteiger charge is -2.26. The van der Waals surface area contributed by atoms with Crippen LogP contribution in [0.1, 0.15) is 11.1 Å². The predicted octanol–water partition coefficient (Wildman–Crippen LogP) is 2.14. The minimum Gasteiger partial charge on any atom is -0.493 e. The Kier molecular flexibility index (Phi) is 4.74. The number of carbonyl (C=O) groups is 1. The van der Waals surface area contributed by atoms with Crippen LogP contribution in [0.4, 0.5) is 0 Å². The Bertz CT molecular complexity index is 940. The highest BCUT2D eigenvalue weighted by atomic mass is 16.5. The summed E-state index contributed by atoms with van der Waals surface area (Å²) >= 11 is 0. The first-order valence-corrected chi connectivity index (χ1v) is 8.75. The molecule has 1 N–H and O–H groups in total. The molecule has 7 heteroatoms. The molecule has 3 heterocycles. The molecule has 0 saturated carbocycles. The van der Waals surface area contributed by atoms with Gasteiger partial charge in [0.15, 0.2) is 11.5 Å². The number of imidazole rings is 1. The van der Waals surface area contributed by atoms with Gasteiger partial charge < -0.3 is 14.8 Å². The molecule has 1 atom stereocenters. The Morgan fingerprint density at radius 1 is 1.33 bits per heavy atom. The molecule has 4 rings (SSSR count). The number of nitrogens with zero attached hydrogens (tertiary/aromatic N) is 3. The molecule has 3 aromatic rings. The lowest BCUT2D eigenvalue weighted by molar-refractivity contribution is -0.126. The summed E-state index contributed by atoms with van der Waals surface area (Å²) in [5, 5.41) is 3.01. The average molecular weight is 364 g/mol. The number of rotatable bonds is 5. The smallest absolute Gasteiger partial charge is 0.227 e. The summed E-state index contributed by atoms with van der Waals surface area (Å²) in [5.41, 5.74) is 1.91. The number of nitrogens with one attached hydrogen (secondary N) is 1. The first kappa shape index (κ1) is 17.1. The molecular weight excluding hydrogens is 344 g/mol. The van der Waals surface area contributed by atoms with Crippen LogP contribution < -0.4 is 14.8 Å². The van der Waals surface area contributed by atoms with Gasteiger partial charge in [0.2, 0.25) is 5.91 Å². The van der Waals surface area contributed by atoms with Crippen molar-refractivity contribution in [2.45, 2.75) is 13.0 Å². The molecule has 0 aliphatic carbocycles. The van der Waals surface area contributed by atoms with E-state index in [1.54, 1.807) is 25.8 Å². The van der Waals surface area contributed by atoms with Gasteiger partial charge in [0.25, 0.3) is 0 Å². The Morgan fingerprint density at radius 3 is 3.07 bits per heavy atom. The highest BCUT2D eigenvalue weighted by Crippen LogP contribution is 2.36. The van der Waals surface area contributed by atoms with Gasteiger partial charge in [0.05, 0.1) is 13.0 Å². The largest absolute Gasteiger partial charge is 0.493 e. The van der Waals surface area contributed by atoms with E-state index in [2.05, 4.69) is 15.3 Å². The molecule has 1 amide bonds. The highest BCUT2D eigenvalue weighted by molar-refractivity contribution is 5.79. The van der Waals surface area contributed by atoms with Gasteiger partial charge in [-0.1, -0.05) is 18.2 Å². The van der Waals surface area contributed by atoms with Gasteiger partial charge in [-0.15, -0.1) is 0 Å². The molecule has 1 aromatic carbocycles. The van der Waals surface area contributed by atoms with Crippen LogP contribution in [0.3, 0.4) is 0 Å². The molecule has 0 bridgehead atoms. The van der Waals surface area contributed by atoms with Crippen LogP contribution in [0, 0.1) is 5.92 Å². The maximum atomic E-state index is 12.7. The number of aromatic nitrogens is 3. The van der Waals surface area contributed by atoms with Gasteiger partial charge in [-0.25, -0.2) is 9.97 Å². The number of carbonyl (C=O) groups excluding carboxylic acids is 1. The molecule has 0 fully saturated rings. The van der Waals surface area contributed by atoms with E-state index in [-0.39, 0.29) is 11.8 Å². The molecule has 0 radical (unpaired) electrons. The fourth-order valence-electron chi connectivity index (χ4n) is 3.24. The number of hydrogen-bond donors (Lipinski definition) is 1. The first-order valence-electron chi connectivity index (χ1n) is 8.75. The molecule has 1 aliphatic rings. The fraction of sp³-hybridized carbons (Fsp3) is 0.250. The zero-order chi connectivity index (χ0) is 18.6. The van der Waals surface area contributed by atoms with Crippen molar-refractivity contribution in [2.24, 2.45) is 5.92 Å². The van der Waals surface area contributed by atoms with Crippen LogP contribution in [-0.2, 0) is 17.8 Å². The second kappa shape index (κ2) is 7.49. The molecule has 0 saturated heterocycles. The van der Waals surface area contributed by atoms with E-state index in [0.717, 1.165) is 22.7 Å². The number of pyridine rings is 1. The number of ether oxygens (including phenoxy) is 2. The van der Waals surface area contributed by atoms with Crippen LogP contribution in [0.15, 0.2) is 55.2 Å². The topological polar surface area (TPSA) is 78.3 Å². The summed E-state index contributed by atoms with van der Waals surface area (Å²) in [6.07, 6.45) is 7.56. The van der Waals surface area contributed by atoms with Gasteiger partial charge in [-0.3, -0.25) is 9.36 Å². The summed E-state index contributed by atoms with van der Waals surface area (Å²) in [6, 6.07) is 9.54. The van der Waals surface area contributed by atoms with Gasteiger partial charge in [0.1, 0.15) is 18.8 Å². The average Bonchev–Trinajstić information content (AvgIpc) is 3.26. The number of methoxy groups -OCH3 is 1.